The number of thioether (sulfide) groups is 1. The monoisotopic (exact) mass is 497 g/mol. The zero-order valence-electron chi connectivity index (χ0n) is 19.9. The highest BCUT2D eigenvalue weighted by atomic mass is 32.2. The number of rotatable bonds is 12. The highest BCUT2D eigenvalue weighted by molar-refractivity contribution is 7.99. The topological polar surface area (TPSA) is 121 Å². The molecule has 2 amide bonds. The van der Waals surface area contributed by atoms with Gasteiger partial charge in [0, 0.05) is 35.3 Å². The van der Waals surface area contributed by atoms with Crippen LogP contribution in [0, 0.1) is 0 Å². The van der Waals surface area contributed by atoms with Gasteiger partial charge in [-0.2, -0.15) is 0 Å². The first-order valence-electron chi connectivity index (χ1n) is 11.4. The molecule has 1 aromatic heterocycles. The first-order valence-corrected chi connectivity index (χ1v) is 12.6. The summed E-state index contributed by atoms with van der Waals surface area (Å²) in [5, 5.41) is 15.9. The maximum Gasteiger partial charge on any atom is 0.405 e. The van der Waals surface area contributed by atoms with E-state index in [-0.39, 0.29) is 24.2 Å². The first-order chi connectivity index (χ1) is 16.8. The number of ether oxygens (including phenoxy) is 1. The summed E-state index contributed by atoms with van der Waals surface area (Å²) in [6, 6.07) is 17.1. The average Bonchev–Trinajstić information content (AvgIpc) is 3.22. The van der Waals surface area contributed by atoms with Crippen molar-refractivity contribution in [1.82, 2.24) is 15.6 Å². The molecule has 0 saturated carbocycles. The van der Waals surface area contributed by atoms with Gasteiger partial charge >= 0.3 is 12.1 Å². The van der Waals surface area contributed by atoms with Crippen molar-refractivity contribution >= 4 is 40.6 Å². The van der Waals surface area contributed by atoms with Gasteiger partial charge in [0.05, 0.1) is 12.4 Å². The molecule has 0 aliphatic carbocycles. The van der Waals surface area contributed by atoms with Crippen LogP contribution in [0.3, 0.4) is 0 Å². The SMILES string of the molecule is CCOC(=O)CSC[C@H](Cc1ccccc1)NC(=O)[C@@](C)(Cc1c[nH]c2ccccc12)NC(=O)O. The van der Waals surface area contributed by atoms with Crippen molar-refractivity contribution in [2.24, 2.45) is 0 Å². The number of nitrogens with one attached hydrogen (secondary N) is 3. The van der Waals surface area contributed by atoms with Crippen molar-refractivity contribution in [3.05, 3.63) is 71.9 Å². The van der Waals surface area contributed by atoms with Crippen molar-refractivity contribution in [3.8, 4) is 0 Å². The molecule has 0 radical (unpaired) electrons. The average molecular weight is 498 g/mol. The normalized spacial score (nSPS) is 13.5. The lowest BCUT2D eigenvalue weighted by atomic mass is 9.91. The molecule has 0 bridgehead atoms. The van der Waals surface area contributed by atoms with Gasteiger partial charge in [-0.1, -0.05) is 48.5 Å². The Hall–Kier alpha value is -3.46. The van der Waals surface area contributed by atoms with Crippen LogP contribution in [0.25, 0.3) is 10.9 Å². The van der Waals surface area contributed by atoms with Crippen molar-refractivity contribution in [1.29, 1.82) is 0 Å². The van der Waals surface area contributed by atoms with E-state index < -0.39 is 17.5 Å². The summed E-state index contributed by atoms with van der Waals surface area (Å²) in [5.41, 5.74) is 1.37. The minimum absolute atomic E-state index is 0.170. The highest BCUT2D eigenvalue weighted by Crippen LogP contribution is 2.23. The molecular weight excluding hydrogens is 466 g/mol. The number of carbonyl (C=O) groups excluding carboxylic acids is 2. The smallest absolute Gasteiger partial charge is 0.405 e. The van der Waals surface area contributed by atoms with E-state index in [9.17, 15) is 19.5 Å². The summed E-state index contributed by atoms with van der Waals surface area (Å²) in [6.07, 6.45) is 1.23. The molecule has 0 unspecified atom stereocenters. The van der Waals surface area contributed by atoms with Gasteiger partial charge in [-0.3, -0.25) is 9.59 Å². The summed E-state index contributed by atoms with van der Waals surface area (Å²) >= 11 is 1.37. The lowest BCUT2D eigenvalue weighted by Gasteiger charge is -2.31. The molecule has 1 heterocycles. The van der Waals surface area contributed by atoms with Crippen LogP contribution < -0.4 is 10.6 Å². The van der Waals surface area contributed by atoms with Crippen LogP contribution in [0.1, 0.15) is 25.0 Å². The molecule has 3 rings (SSSR count). The van der Waals surface area contributed by atoms with E-state index in [2.05, 4.69) is 15.6 Å². The zero-order chi connectivity index (χ0) is 25.3. The number of amides is 2. The lowest BCUT2D eigenvalue weighted by Crippen LogP contribution is -2.60. The third-order valence-corrected chi connectivity index (χ3v) is 6.69. The molecule has 8 nitrogen and oxygen atoms in total. The van der Waals surface area contributed by atoms with Crippen LogP contribution in [0.15, 0.2) is 60.8 Å². The minimum atomic E-state index is -1.41. The molecule has 186 valence electrons. The summed E-state index contributed by atoms with van der Waals surface area (Å²) < 4.78 is 4.99. The molecule has 0 aliphatic rings. The van der Waals surface area contributed by atoms with Gasteiger partial charge in [-0.05, 0) is 37.5 Å². The van der Waals surface area contributed by atoms with E-state index in [0.29, 0.717) is 18.8 Å². The van der Waals surface area contributed by atoms with Crippen LogP contribution in [0.4, 0.5) is 4.79 Å². The molecular formula is C26H31N3O5S. The van der Waals surface area contributed by atoms with Gasteiger partial charge in [0.2, 0.25) is 5.91 Å². The number of benzene rings is 2. The fourth-order valence-corrected chi connectivity index (χ4v) is 4.81. The van der Waals surface area contributed by atoms with Crippen LogP contribution in [0.2, 0.25) is 0 Å². The van der Waals surface area contributed by atoms with Crippen molar-refractivity contribution < 1.29 is 24.2 Å². The molecule has 35 heavy (non-hydrogen) atoms. The summed E-state index contributed by atoms with van der Waals surface area (Å²) in [4.78, 5) is 40.1. The van der Waals surface area contributed by atoms with Crippen molar-refractivity contribution in [3.63, 3.8) is 0 Å². The van der Waals surface area contributed by atoms with Gasteiger partial charge in [-0.15, -0.1) is 11.8 Å². The van der Waals surface area contributed by atoms with E-state index in [4.69, 9.17) is 4.74 Å². The fraction of sp³-hybridized carbons (Fsp3) is 0.346. The minimum Gasteiger partial charge on any atom is -0.465 e. The largest absolute Gasteiger partial charge is 0.465 e. The van der Waals surface area contributed by atoms with Crippen molar-refractivity contribution in [2.75, 3.05) is 18.1 Å². The lowest BCUT2D eigenvalue weighted by molar-refractivity contribution is -0.139. The maximum absolute atomic E-state index is 13.5. The predicted octanol–water partition coefficient (Wildman–Crippen LogP) is 3.76. The number of H-pyrrole nitrogens is 1. The van der Waals surface area contributed by atoms with E-state index in [0.717, 1.165) is 22.0 Å². The maximum atomic E-state index is 13.5. The van der Waals surface area contributed by atoms with E-state index in [1.165, 1.54) is 11.8 Å². The molecule has 2 aromatic carbocycles. The number of hydrogen-bond donors (Lipinski definition) is 4. The van der Waals surface area contributed by atoms with Crippen molar-refractivity contribution in [2.45, 2.75) is 38.3 Å². The van der Waals surface area contributed by atoms with Gasteiger partial charge in [0.15, 0.2) is 0 Å². The second-order valence-electron chi connectivity index (χ2n) is 8.48. The summed E-state index contributed by atoms with van der Waals surface area (Å²) in [5.74, 6) is -0.0909. The molecule has 9 heteroatoms. The molecule has 0 spiro atoms. The molecule has 4 N–H and O–H groups in total. The molecule has 0 saturated heterocycles. The number of aromatic amines is 1. The van der Waals surface area contributed by atoms with Gasteiger partial charge in [0.25, 0.3) is 0 Å². The highest BCUT2D eigenvalue weighted by Gasteiger charge is 2.37. The Morgan fingerprint density at radius 3 is 2.54 bits per heavy atom. The van der Waals surface area contributed by atoms with Gasteiger partial charge in [0.1, 0.15) is 5.54 Å². The Labute approximate surface area is 208 Å². The summed E-state index contributed by atoms with van der Waals surface area (Å²) in [7, 11) is 0. The van der Waals surface area contributed by atoms with Crippen LogP contribution in [-0.2, 0) is 27.2 Å². The molecule has 3 aromatic rings. The number of fused-ring (bicyclic) bond motifs is 1. The number of carboxylic acid groups (broad SMARTS) is 1. The van der Waals surface area contributed by atoms with E-state index in [1.807, 2.05) is 54.6 Å². The predicted molar refractivity (Wildman–Crippen MR) is 138 cm³/mol. The Balaban J connectivity index is 1.78. The Morgan fingerprint density at radius 1 is 1.11 bits per heavy atom. The quantitative estimate of drug-likeness (QED) is 0.283. The third-order valence-electron chi connectivity index (χ3n) is 5.61. The number of carbonyl (C=O) groups is 3. The van der Waals surface area contributed by atoms with Gasteiger partial charge in [-0.25, -0.2) is 4.79 Å². The first kappa shape index (κ1) is 26.2. The van der Waals surface area contributed by atoms with Crippen LogP contribution in [0.5, 0.6) is 0 Å². The molecule has 0 aliphatic heterocycles. The Morgan fingerprint density at radius 2 is 1.83 bits per heavy atom. The van der Waals surface area contributed by atoms with Crippen LogP contribution in [-0.4, -0.2) is 57.8 Å². The fourth-order valence-electron chi connectivity index (χ4n) is 3.96. The summed E-state index contributed by atoms with van der Waals surface area (Å²) in [6.45, 7) is 3.66. The second kappa shape index (κ2) is 12.3. The second-order valence-corrected chi connectivity index (χ2v) is 9.51. The number of aromatic nitrogens is 1. The third kappa shape index (κ3) is 7.51. The Kier molecular flexibility index (Phi) is 9.19. The number of esters is 1. The van der Waals surface area contributed by atoms with Crippen LogP contribution >= 0.6 is 11.8 Å². The standard InChI is InChI=1S/C26H31N3O5S/c1-3-34-23(30)17-35-16-20(13-18-9-5-4-6-10-18)28-24(31)26(2,29-25(32)33)14-19-15-27-22-12-8-7-11-21(19)22/h4-12,15,20,27,29H,3,13-14,16-17H2,1-2H3,(H,28,31)(H,32,33)/t20-,26+/m0/s1. The number of para-hydroxylation sites is 1. The van der Waals surface area contributed by atoms with Gasteiger partial charge < -0.3 is 25.5 Å². The number of hydrogen-bond acceptors (Lipinski definition) is 5. The molecule has 2 atom stereocenters. The Bertz CT molecular complexity index is 1150. The van der Waals surface area contributed by atoms with E-state index in [1.54, 1.807) is 20.0 Å². The zero-order valence-corrected chi connectivity index (χ0v) is 20.7. The van der Waals surface area contributed by atoms with E-state index >= 15 is 0 Å². The molecule has 0 fully saturated rings.